The molecule has 1 aliphatic heterocycles. The second kappa shape index (κ2) is 10.9. The van der Waals surface area contributed by atoms with Crippen molar-refractivity contribution in [1.82, 2.24) is 20.1 Å². The van der Waals surface area contributed by atoms with Crippen LogP contribution in [-0.4, -0.2) is 66.6 Å². The van der Waals surface area contributed by atoms with E-state index in [1.807, 2.05) is 31.0 Å². The number of aryl methyl sites for hydroxylation is 1. The molecule has 140 valence electrons. The Labute approximate surface area is 152 Å². The SMILES string of the molecule is CCN(CCN1CCCCCC1)C(=O)NCCNc1ccncc1C. The van der Waals surface area contributed by atoms with Gasteiger partial charge >= 0.3 is 6.03 Å². The molecule has 6 heteroatoms. The number of urea groups is 1. The van der Waals surface area contributed by atoms with Gasteiger partial charge in [-0.15, -0.1) is 0 Å². The van der Waals surface area contributed by atoms with Gasteiger partial charge in [0, 0.05) is 50.8 Å². The predicted molar refractivity (Wildman–Crippen MR) is 103 cm³/mol. The fourth-order valence-electron chi connectivity index (χ4n) is 3.18. The highest BCUT2D eigenvalue weighted by molar-refractivity contribution is 5.74. The van der Waals surface area contributed by atoms with E-state index in [-0.39, 0.29) is 6.03 Å². The number of aromatic nitrogens is 1. The average Bonchev–Trinajstić information content (AvgIpc) is 2.89. The van der Waals surface area contributed by atoms with Crippen molar-refractivity contribution in [2.24, 2.45) is 0 Å². The zero-order valence-corrected chi connectivity index (χ0v) is 15.8. The quantitative estimate of drug-likeness (QED) is 0.710. The van der Waals surface area contributed by atoms with Gasteiger partial charge in [0.15, 0.2) is 0 Å². The molecule has 0 saturated carbocycles. The summed E-state index contributed by atoms with van der Waals surface area (Å²) in [4.78, 5) is 20.8. The molecule has 2 N–H and O–H groups in total. The molecule has 1 aromatic rings. The lowest BCUT2D eigenvalue weighted by Crippen LogP contribution is -2.45. The van der Waals surface area contributed by atoms with Crippen molar-refractivity contribution in [1.29, 1.82) is 0 Å². The summed E-state index contributed by atoms with van der Waals surface area (Å²) in [6, 6.07) is 1.99. The number of nitrogens with one attached hydrogen (secondary N) is 2. The van der Waals surface area contributed by atoms with E-state index in [9.17, 15) is 4.79 Å². The molecule has 0 aliphatic carbocycles. The van der Waals surface area contributed by atoms with Crippen LogP contribution in [0.4, 0.5) is 10.5 Å². The molecule has 6 nitrogen and oxygen atoms in total. The summed E-state index contributed by atoms with van der Waals surface area (Å²) in [6.07, 6.45) is 8.88. The molecule has 0 atom stereocenters. The molecule has 2 rings (SSSR count). The molecule has 0 bridgehead atoms. The van der Waals surface area contributed by atoms with Crippen molar-refractivity contribution < 1.29 is 4.79 Å². The topological polar surface area (TPSA) is 60.5 Å². The number of nitrogens with zero attached hydrogens (tertiary/aromatic N) is 3. The number of pyridine rings is 1. The van der Waals surface area contributed by atoms with E-state index in [1.165, 1.54) is 38.8 Å². The van der Waals surface area contributed by atoms with Crippen LogP contribution in [0.1, 0.15) is 38.2 Å². The van der Waals surface area contributed by atoms with E-state index in [2.05, 4.69) is 20.5 Å². The third-order valence-corrected chi connectivity index (χ3v) is 4.79. The van der Waals surface area contributed by atoms with Crippen molar-refractivity contribution in [2.75, 3.05) is 51.1 Å². The van der Waals surface area contributed by atoms with Crippen LogP contribution in [0.5, 0.6) is 0 Å². The van der Waals surface area contributed by atoms with Crippen molar-refractivity contribution in [2.45, 2.75) is 39.5 Å². The summed E-state index contributed by atoms with van der Waals surface area (Å²) in [5.41, 5.74) is 2.18. The number of hydrogen-bond acceptors (Lipinski definition) is 4. The molecular formula is C19H33N5O. The van der Waals surface area contributed by atoms with Crippen LogP contribution < -0.4 is 10.6 Å². The van der Waals surface area contributed by atoms with Crippen LogP contribution in [0.15, 0.2) is 18.5 Å². The molecule has 0 spiro atoms. The highest BCUT2D eigenvalue weighted by atomic mass is 16.2. The lowest BCUT2D eigenvalue weighted by Gasteiger charge is -2.26. The number of carbonyl (C=O) groups excluding carboxylic acids is 1. The van der Waals surface area contributed by atoms with Crippen molar-refractivity contribution in [3.63, 3.8) is 0 Å². The van der Waals surface area contributed by atoms with Gasteiger partial charge in [0.05, 0.1) is 0 Å². The number of hydrogen-bond donors (Lipinski definition) is 2. The molecule has 0 radical (unpaired) electrons. The second-order valence-corrected chi connectivity index (χ2v) is 6.68. The Morgan fingerprint density at radius 2 is 2.00 bits per heavy atom. The Bertz CT molecular complexity index is 514. The van der Waals surface area contributed by atoms with Crippen LogP contribution in [0.3, 0.4) is 0 Å². The standard InChI is InChI=1S/C19H33N5O/c1-3-24(15-14-23-12-6-4-5-7-13-23)19(25)22-11-10-21-18-8-9-20-16-17(18)2/h8-9,16H,3-7,10-15H2,1-2H3,(H,20,21)(H,22,25). The smallest absolute Gasteiger partial charge is 0.317 e. The number of rotatable bonds is 8. The molecule has 1 aromatic heterocycles. The van der Waals surface area contributed by atoms with Gasteiger partial charge in [-0.3, -0.25) is 4.98 Å². The number of likely N-dealkylation sites (N-methyl/N-ethyl adjacent to an activating group) is 1. The predicted octanol–water partition coefficient (Wildman–Crippen LogP) is 2.71. The maximum absolute atomic E-state index is 12.4. The minimum atomic E-state index is 0.0329. The summed E-state index contributed by atoms with van der Waals surface area (Å²) in [5, 5.41) is 6.35. The zero-order valence-electron chi connectivity index (χ0n) is 15.8. The minimum Gasteiger partial charge on any atom is -0.383 e. The van der Waals surface area contributed by atoms with Crippen molar-refractivity contribution in [3.05, 3.63) is 24.0 Å². The van der Waals surface area contributed by atoms with Crippen molar-refractivity contribution >= 4 is 11.7 Å². The Morgan fingerprint density at radius 3 is 2.68 bits per heavy atom. The number of anilines is 1. The fraction of sp³-hybridized carbons (Fsp3) is 0.684. The molecule has 1 fully saturated rings. The van der Waals surface area contributed by atoms with E-state index in [1.54, 1.807) is 6.20 Å². The van der Waals surface area contributed by atoms with Gasteiger partial charge in [-0.2, -0.15) is 0 Å². The summed E-state index contributed by atoms with van der Waals surface area (Å²) < 4.78 is 0. The van der Waals surface area contributed by atoms with E-state index >= 15 is 0 Å². The Balaban J connectivity index is 1.66. The summed E-state index contributed by atoms with van der Waals surface area (Å²) in [6.45, 7) is 10.3. The van der Waals surface area contributed by atoms with Crippen LogP contribution in [0, 0.1) is 6.92 Å². The maximum Gasteiger partial charge on any atom is 0.317 e. The monoisotopic (exact) mass is 347 g/mol. The maximum atomic E-state index is 12.4. The van der Waals surface area contributed by atoms with Crippen molar-refractivity contribution in [3.8, 4) is 0 Å². The first-order valence-electron chi connectivity index (χ1n) is 9.60. The van der Waals surface area contributed by atoms with Crippen LogP contribution >= 0.6 is 0 Å². The fourth-order valence-corrected chi connectivity index (χ4v) is 3.18. The lowest BCUT2D eigenvalue weighted by atomic mass is 10.2. The van der Waals surface area contributed by atoms with Crippen LogP contribution in [0.25, 0.3) is 0 Å². The number of amides is 2. The highest BCUT2D eigenvalue weighted by Crippen LogP contribution is 2.11. The summed E-state index contributed by atoms with van der Waals surface area (Å²) in [5.74, 6) is 0. The summed E-state index contributed by atoms with van der Waals surface area (Å²) in [7, 11) is 0. The zero-order chi connectivity index (χ0) is 17.9. The second-order valence-electron chi connectivity index (χ2n) is 6.68. The Morgan fingerprint density at radius 1 is 1.24 bits per heavy atom. The number of likely N-dealkylation sites (tertiary alicyclic amines) is 1. The summed E-state index contributed by atoms with van der Waals surface area (Å²) >= 11 is 0. The van der Waals surface area contributed by atoms with Crippen LogP contribution in [0.2, 0.25) is 0 Å². The molecule has 0 aromatic carbocycles. The average molecular weight is 348 g/mol. The first kappa shape index (κ1) is 19.5. The van der Waals surface area contributed by atoms with E-state index < -0.39 is 0 Å². The van der Waals surface area contributed by atoms with E-state index in [4.69, 9.17) is 0 Å². The van der Waals surface area contributed by atoms with Crippen LogP contribution in [-0.2, 0) is 0 Å². The first-order chi connectivity index (χ1) is 12.2. The minimum absolute atomic E-state index is 0.0329. The van der Waals surface area contributed by atoms with Gasteiger partial charge in [-0.1, -0.05) is 12.8 Å². The molecule has 2 amide bonds. The van der Waals surface area contributed by atoms with E-state index in [0.717, 1.165) is 30.9 Å². The number of carbonyl (C=O) groups is 1. The highest BCUT2D eigenvalue weighted by Gasteiger charge is 2.14. The van der Waals surface area contributed by atoms with Gasteiger partial charge in [0.1, 0.15) is 0 Å². The molecule has 2 heterocycles. The normalized spacial score (nSPS) is 15.4. The van der Waals surface area contributed by atoms with Gasteiger partial charge in [0.2, 0.25) is 0 Å². The molecule has 25 heavy (non-hydrogen) atoms. The Kier molecular flexibility index (Phi) is 8.52. The van der Waals surface area contributed by atoms with E-state index in [0.29, 0.717) is 13.1 Å². The molecule has 1 aliphatic rings. The molecular weight excluding hydrogens is 314 g/mol. The molecule has 0 unspecified atom stereocenters. The molecule has 1 saturated heterocycles. The van der Waals surface area contributed by atoms with Gasteiger partial charge < -0.3 is 20.4 Å². The first-order valence-corrected chi connectivity index (χ1v) is 9.60. The van der Waals surface area contributed by atoms with Gasteiger partial charge in [-0.25, -0.2) is 4.79 Å². The van der Waals surface area contributed by atoms with Gasteiger partial charge in [-0.05, 0) is 51.4 Å². The lowest BCUT2D eigenvalue weighted by molar-refractivity contribution is 0.186. The Hall–Kier alpha value is -1.82. The third kappa shape index (κ3) is 6.90. The largest absolute Gasteiger partial charge is 0.383 e. The van der Waals surface area contributed by atoms with Gasteiger partial charge in [0.25, 0.3) is 0 Å². The third-order valence-electron chi connectivity index (χ3n) is 4.79.